The van der Waals surface area contributed by atoms with Crippen molar-refractivity contribution in [3.05, 3.63) is 34.6 Å². The van der Waals surface area contributed by atoms with Crippen molar-refractivity contribution in [2.45, 2.75) is 56.6 Å². The number of aliphatic hydroxyl groups excluding tert-OH is 1. The van der Waals surface area contributed by atoms with E-state index >= 15 is 0 Å². The number of benzene rings is 1. The summed E-state index contributed by atoms with van der Waals surface area (Å²) in [5.41, 5.74) is 0.152. The van der Waals surface area contributed by atoms with E-state index in [1.54, 1.807) is 12.1 Å². The molecule has 0 amide bonds. The zero-order valence-electron chi connectivity index (χ0n) is 12.9. The molecule has 0 spiro atoms. The van der Waals surface area contributed by atoms with E-state index in [1.807, 2.05) is 14.1 Å². The van der Waals surface area contributed by atoms with Gasteiger partial charge >= 0.3 is 0 Å². The van der Waals surface area contributed by atoms with Crippen molar-refractivity contribution < 1.29 is 9.50 Å². The SMILES string of the molecule is CN(C)C1(C(O)Cc2c(F)cccc2Cl)CCCCCC1. The summed E-state index contributed by atoms with van der Waals surface area (Å²) in [6.45, 7) is 0. The lowest BCUT2D eigenvalue weighted by atomic mass is 9.80. The highest BCUT2D eigenvalue weighted by atomic mass is 35.5. The zero-order valence-corrected chi connectivity index (χ0v) is 13.7. The molecule has 21 heavy (non-hydrogen) atoms. The van der Waals surface area contributed by atoms with Gasteiger partial charge in [0.25, 0.3) is 0 Å². The number of halogens is 2. The first kappa shape index (κ1) is 16.7. The van der Waals surface area contributed by atoms with E-state index in [4.69, 9.17) is 11.6 Å². The summed E-state index contributed by atoms with van der Waals surface area (Å²) in [4.78, 5) is 2.12. The maximum absolute atomic E-state index is 14.0. The molecule has 0 aliphatic heterocycles. The Kier molecular flexibility index (Phi) is 5.64. The van der Waals surface area contributed by atoms with Crippen LogP contribution in [0.25, 0.3) is 0 Å². The topological polar surface area (TPSA) is 23.5 Å². The molecule has 118 valence electrons. The van der Waals surface area contributed by atoms with Crippen molar-refractivity contribution in [2.24, 2.45) is 0 Å². The number of aliphatic hydroxyl groups is 1. The largest absolute Gasteiger partial charge is 0.391 e. The van der Waals surface area contributed by atoms with E-state index in [1.165, 1.54) is 18.9 Å². The molecule has 1 saturated carbocycles. The minimum Gasteiger partial charge on any atom is -0.391 e. The fourth-order valence-corrected chi connectivity index (χ4v) is 3.77. The summed E-state index contributed by atoms with van der Waals surface area (Å²) in [6.07, 6.45) is 6.20. The van der Waals surface area contributed by atoms with Gasteiger partial charge in [-0.1, -0.05) is 43.4 Å². The number of likely N-dealkylation sites (N-methyl/N-ethyl adjacent to an activating group) is 1. The third-order valence-electron chi connectivity index (χ3n) is 4.94. The highest BCUT2D eigenvalue weighted by molar-refractivity contribution is 6.31. The lowest BCUT2D eigenvalue weighted by molar-refractivity contribution is -0.0178. The van der Waals surface area contributed by atoms with Crippen LogP contribution in [0.15, 0.2) is 18.2 Å². The third kappa shape index (κ3) is 3.58. The Balaban J connectivity index is 2.24. The predicted molar refractivity (Wildman–Crippen MR) is 85.2 cm³/mol. The molecule has 1 aliphatic rings. The zero-order chi connectivity index (χ0) is 15.5. The highest BCUT2D eigenvalue weighted by Crippen LogP contribution is 2.36. The lowest BCUT2D eigenvalue weighted by Crippen LogP contribution is -2.54. The van der Waals surface area contributed by atoms with Gasteiger partial charge < -0.3 is 10.0 Å². The minimum absolute atomic E-state index is 0.268. The van der Waals surface area contributed by atoms with Crippen LogP contribution in [0.5, 0.6) is 0 Å². The summed E-state index contributed by atoms with van der Waals surface area (Å²) < 4.78 is 14.0. The molecule has 1 fully saturated rings. The van der Waals surface area contributed by atoms with Crippen LogP contribution in [0.3, 0.4) is 0 Å². The summed E-state index contributed by atoms with van der Waals surface area (Å²) in [7, 11) is 4.02. The normalized spacial score (nSPS) is 20.3. The molecule has 0 aromatic heterocycles. The average molecular weight is 314 g/mol. The van der Waals surface area contributed by atoms with E-state index in [-0.39, 0.29) is 17.8 Å². The second-order valence-corrected chi connectivity index (χ2v) is 6.74. The van der Waals surface area contributed by atoms with E-state index in [0.29, 0.717) is 10.6 Å². The van der Waals surface area contributed by atoms with Crippen molar-refractivity contribution in [3.8, 4) is 0 Å². The van der Waals surface area contributed by atoms with Gasteiger partial charge in [0, 0.05) is 22.5 Å². The Labute approximate surface area is 131 Å². The fourth-order valence-electron chi connectivity index (χ4n) is 3.53. The number of nitrogens with zero attached hydrogens (tertiary/aromatic N) is 1. The number of rotatable bonds is 4. The molecular formula is C17H25ClFNO. The quantitative estimate of drug-likeness (QED) is 0.848. The Morgan fingerprint density at radius 3 is 2.38 bits per heavy atom. The fraction of sp³-hybridized carbons (Fsp3) is 0.647. The molecule has 1 aromatic rings. The van der Waals surface area contributed by atoms with Crippen LogP contribution in [0, 0.1) is 5.82 Å². The highest BCUT2D eigenvalue weighted by Gasteiger charge is 2.40. The van der Waals surface area contributed by atoms with Crippen LogP contribution >= 0.6 is 11.6 Å². The minimum atomic E-state index is -0.611. The lowest BCUT2D eigenvalue weighted by Gasteiger charge is -2.43. The molecule has 0 saturated heterocycles. The molecule has 0 radical (unpaired) electrons. The molecular weight excluding hydrogens is 289 g/mol. The summed E-state index contributed by atoms with van der Waals surface area (Å²) in [5.74, 6) is -0.330. The average Bonchev–Trinajstić information content (AvgIpc) is 2.69. The first-order chi connectivity index (χ1) is 9.97. The maximum atomic E-state index is 14.0. The van der Waals surface area contributed by atoms with Crippen LogP contribution in [0.2, 0.25) is 5.02 Å². The predicted octanol–water partition coefficient (Wildman–Crippen LogP) is 4.04. The van der Waals surface area contributed by atoms with E-state index in [2.05, 4.69) is 4.90 Å². The van der Waals surface area contributed by atoms with Crippen molar-refractivity contribution in [1.29, 1.82) is 0 Å². The van der Waals surface area contributed by atoms with E-state index in [0.717, 1.165) is 25.7 Å². The van der Waals surface area contributed by atoms with Gasteiger partial charge in [-0.3, -0.25) is 0 Å². The van der Waals surface area contributed by atoms with Crippen molar-refractivity contribution in [2.75, 3.05) is 14.1 Å². The Morgan fingerprint density at radius 1 is 1.24 bits per heavy atom. The van der Waals surface area contributed by atoms with Crippen molar-refractivity contribution in [1.82, 2.24) is 4.90 Å². The molecule has 0 heterocycles. The van der Waals surface area contributed by atoms with Crippen LogP contribution < -0.4 is 0 Å². The van der Waals surface area contributed by atoms with Gasteiger partial charge in [0.1, 0.15) is 5.82 Å². The van der Waals surface area contributed by atoms with Gasteiger partial charge in [0.05, 0.1) is 6.10 Å². The van der Waals surface area contributed by atoms with E-state index < -0.39 is 6.10 Å². The second kappa shape index (κ2) is 7.08. The molecule has 0 bridgehead atoms. The first-order valence-electron chi connectivity index (χ1n) is 7.76. The molecule has 1 N–H and O–H groups in total. The molecule has 1 unspecified atom stereocenters. The monoisotopic (exact) mass is 313 g/mol. The van der Waals surface area contributed by atoms with Gasteiger partial charge in [-0.15, -0.1) is 0 Å². The standard InChI is InChI=1S/C17H25ClFNO/c1-20(2)17(10-5-3-4-6-11-17)16(21)12-13-14(18)8-7-9-15(13)19/h7-9,16,21H,3-6,10-12H2,1-2H3. The molecule has 1 aromatic carbocycles. The summed E-state index contributed by atoms with van der Waals surface area (Å²) in [6, 6.07) is 4.69. The summed E-state index contributed by atoms with van der Waals surface area (Å²) >= 11 is 6.11. The Morgan fingerprint density at radius 2 is 1.86 bits per heavy atom. The third-order valence-corrected chi connectivity index (χ3v) is 5.29. The number of hydrogen-bond acceptors (Lipinski definition) is 2. The van der Waals surface area contributed by atoms with Gasteiger partial charge in [-0.05, 0) is 39.1 Å². The van der Waals surface area contributed by atoms with Crippen molar-refractivity contribution in [3.63, 3.8) is 0 Å². The van der Waals surface area contributed by atoms with Crippen LogP contribution in [0.1, 0.15) is 44.1 Å². The molecule has 1 aliphatic carbocycles. The van der Waals surface area contributed by atoms with Gasteiger partial charge in [-0.25, -0.2) is 4.39 Å². The molecule has 2 nitrogen and oxygen atoms in total. The molecule has 4 heteroatoms. The van der Waals surface area contributed by atoms with Gasteiger partial charge in [0.15, 0.2) is 0 Å². The Hall–Kier alpha value is -0.640. The molecule has 2 rings (SSSR count). The molecule has 1 atom stereocenters. The second-order valence-electron chi connectivity index (χ2n) is 6.33. The summed E-state index contributed by atoms with van der Waals surface area (Å²) in [5, 5.41) is 11.3. The smallest absolute Gasteiger partial charge is 0.127 e. The van der Waals surface area contributed by atoms with Gasteiger partial charge in [0.2, 0.25) is 0 Å². The first-order valence-corrected chi connectivity index (χ1v) is 8.13. The number of hydrogen-bond donors (Lipinski definition) is 1. The van der Waals surface area contributed by atoms with Crippen LogP contribution in [0.4, 0.5) is 4.39 Å². The maximum Gasteiger partial charge on any atom is 0.127 e. The van der Waals surface area contributed by atoms with Gasteiger partial charge in [-0.2, -0.15) is 0 Å². The van der Waals surface area contributed by atoms with Crippen LogP contribution in [-0.4, -0.2) is 35.7 Å². The van der Waals surface area contributed by atoms with E-state index in [9.17, 15) is 9.50 Å². The van der Waals surface area contributed by atoms with Crippen LogP contribution in [-0.2, 0) is 6.42 Å². The Bertz CT molecular complexity index is 450. The van der Waals surface area contributed by atoms with Crippen molar-refractivity contribution >= 4 is 11.6 Å².